The van der Waals surface area contributed by atoms with Crippen molar-refractivity contribution in [3.8, 4) is 23.6 Å². The maximum absolute atomic E-state index is 13.4. The third kappa shape index (κ3) is 4.56. The number of aryl methyl sites for hydroxylation is 1. The Morgan fingerprint density at radius 2 is 1.61 bits per heavy atom. The van der Waals surface area contributed by atoms with Gasteiger partial charge in [0.2, 0.25) is 0 Å². The van der Waals surface area contributed by atoms with Crippen LogP contribution in [0.1, 0.15) is 28.3 Å². The number of hydrogen-bond acceptors (Lipinski definition) is 4. The van der Waals surface area contributed by atoms with Crippen LogP contribution in [0.25, 0.3) is 5.69 Å². The number of nitriles is 2. The molecular weight excluding hydrogens is 412 g/mol. The average Bonchev–Trinajstić information content (AvgIpc) is 3.16. The number of H-pyrrole nitrogens is 1. The fraction of sp³-hybridized carbons (Fsp3) is 0.148. The first-order valence-electron chi connectivity index (χ1n) is 10.5. The van der Waals surface area contributed by atoms with Crippen molar-refractivity contribution in [1.29, 1.82) is 10.5 Å². The van der Waals surface area contributed by atoms with E-state index in [1.54, 1.807) is 13.0 Å². The molecule has 1 N–H and O–H groups in total. The summed E-state index contributed by atoms with van der Waals surface area (Å²) in [7, 11) is 0. The molecule has 4 rings (SSSR count). The van der Waals surface area contributed by atoms with Crippen molar-refractivity contribution in [2.75, 3.05) is 0 Å². The second-order valence-electron chi connectivity index (χ2n) is 7.69. The predicted molar refractivity (Wildman–Crippen MR) is 125 cm³/mol. The molecule has 162 valence electrons. The second-order valence-corrected chi connectivity index (χ2v) is 7.69. The number of aromatic amines is 1. The fourth-order valence-electron chi connectivity index (χ4n) is 3.93. The minimum atomic E-state index is -1.04. The predicted octanol–water partition coefficient (Wildman–Crippen LogP) is 4.85. The van der Waals surface area contributed by atoms with Crippen LogP contribution in [0, 0.1) is 35.5 Å². The number of para-hydroxylation sites is 1. The van der Waals surface area contributed by atoms with Gasteiger partial charge in [-0.15, -0.1) is 0 Å². The maximum atomic E-state index is 13.4. The van der Waals surface area contributed by atoms with Gasteiger partial charge in [0.1, 0.15) is 18.3 Å². The average molecular weight is 434 g/mol. The molecule has 0 aliphatic carbocycles. The van der Waals surface area contributed by atoms with E-state index in [0.717, 1.165) is 5.56 Å². The van der Waals surface area contributed by atoms with Crippen LogP contribution in [0.3, 0.4) is 0 Å². The van der Waals surface area contributed by atoms with E-state index in [0.29, 0.717) is 34.9 Å². The van der Waals surface area contributed by atoms with Gasteiger partial charge in [-0.25, -0.2) is 4.68 Å². The Labute approximate surface area is 191 Å². The van der Waals surface area contributed by atoms with E-state index < -0.39 is 11.8 Å². The van der Waals surface area contributed by atoms with Gasteiger partial charge in [-0.1, -0.05) is 60.7 Å². The molecule has 0 amide bonds. The normalized spacial score (nSPS) is 11.5. The standard InChI is InChI=1S/C27H22N4O2/c1-19-25(27(32)31(30-19)23-12-6-3-7-13-23)26(22(16-28)17-29)21-11-8-14-24(15-21)33-18-20-9-4-2-5-10-20/h2-15,22,26,30H,18H2,1H3. The molecular formula is C27H22N4O2. The fourth-order valence-corrected chi connectivity index (χ4v) is 3.93. The lowest BCUT2D eigenvalue weighted by Gasteiger charge is -2.18. The first-order chi connectivity index (χ1) is 16.1. The number of rotatable bonds is 7. The number of nitrogens with one attached hydrogen (secondary N) is 1. The highest BCUT2D eigenvalue weighted by atomic mass is 16.5. The summed E-state index contributed by atoms with van der Waals surface area (Å²) in [5, 5.41) is 22.5. The van der Waals surface area contributed by atoms with E-state index >= 15 is 0 Å². The quantitative estimate of drug-likeness (QED) is 0.450. The van der Waals surface area contributed by atoms with Crippen LogP contribution in [0.15, 0.2) is 89.7 Å². The number of benzene rings is 3. The summed E-state index contributed by atoms with van der Waals surface area (Å²) in [6.07, 6.45) is 0. The van der Waals surface area contributed by atoms with Crippen LogP contribution < -0.4 is 10.3 Å². The van der Waals surface area contributed by atoms with Gasteiger partial charge >= 0.3 is 0 Å². The molecule has 0 fully saturated rings. The maximum Gasteiger partial charge on any atom is 0.275 e. The van der Waals surface area contributed by atoms with Crippen LogP contribution in [-0.2, 0) is 6.61 Å². The van der Waals surface area contributed by atoms with E-state index in [1.807, 2.05) is 78.9 Å². The Morgan fingerprint density at radius 3 is 2.27 bits per heavy atom. The van der Waals surface area contributed by atoms with E-state index in [9.17, 15) is 15.3 Å². The van der Waals surface area contributed by atoms with E-state index in [-0.39, 0.29) is 5.56 Å². The van der Waals surface area contributed by atoms with Crippen LogP contribution in [0.4, 0.5) is 0 Å². The molecule has 6 heteroatoms. The smallest absolute Gasteiger partial charge is 0.275 e. The Hall–Kier alpha value is -4.55. The number of hydrogen-bond donors (Lipinski definition) is 1. The summed E-state index contributed by atoms with van der Waals surface area (Å²) in [4.78, 5) is 13.4. The lowest BCUT2D eigenvalue weighted by atomic mass is 9.82. The van der Waals surface area contributed by atoms with Crippen molar-refractivity contribution >= 4 is 0 Å². The monoisotopic (exact) mass is 434 g/mol. The molecule has 33 heavy (non-hydrogen) atoms. The highest BCUT2D eigenvalue weighted by molar-refractivity contribution is 5.43. The summed E-state index contributed by atoms with van der Waals surface area (Å²) >= 11 is 0. The van der Waals surface area contributed by atoms with Crippen molar-refractivity contribution < 1.29 is 4.74 Å². The zero-order valence-electron chi connectivity index (χ0n) is 18.1. The van der Waals surface area contributed by atoms with E-state index in [2.05, 4.69) is 17.2 Å². The van der Waals surface area contributed by atoms with Gasteiger partial charge in [0.25, 0.3) is 5.56 Å². The number of nitrogens with zero attached hydrogens (tertiary/aromatic N) is 3. The molecule has 0 spiro atoms. The van der Waals surface area contributed by atoms with Gasteiger partial charge < -0.3 is 4.74 Å². The SMILES string of the molecule is Cc1[nH]n(-c2ccccc2)c(=O)c1C(c1cccc(OCc2ccccc2)c1)C(C#N)C#N. The third-order valence-corrected chi connectivity index (χ3v) is 5.52. The highest BCUT2D eigenvalue weighted by Gasteiger charge is 2.31. The molecule has 1 heterocycles. The summed E-state index contributed by atoms with van der Waals surface area (Å²) in [5.74, 6) is -1.16. The molecule has 4 aromatic rings. The molecule has 0 saturated carbocycles. The number of aromatic nitrogens is 2. The van der Waals surface area contributed by atoms with Crippen LogP contribution >= 0.6 is 0 Å². The Bertz CT molecular complexity index is 1360. The highest BCUT2D eigenvalue weighted by Crippen LogP contribution is 2.33. The zero-order chi connectivity index (χ0) is 23.2. The summed E-state index contributed by atoms with van der Waals surface area (Å²) in [6.45, 7) is 2.17. The van der Waals surface area contributed by atoms with Gasteiger partial charge in [-0.3, -0.25) is 9.89 Å². The van der Waals surface area contributed by atoms with Crippen LogP contribution in [-0.4, -0.2) is 9.78 Å². The van der Waals surface area contributed by atoms with E-state index in [4.69, 9.17) is 4.74 Å². The van der Waals surface area contributed by atoms with Gasteiger partial charge in [0, 0.05) is 17.2 Å². The third-order valence-electron chi connectivity index (χ3n) is 5.52. The minimum Gasteiger partial charge on any atom is -0.489 e. The largest absolute Gasteiger partial charge is 0.489 e. The van der Waals surface area contributed by atoms with Gasteiger partial charge in [0.05, 0.1) is 17.8 Å². The summed E-state index contributed by atoms with van der Waals surface area (Å²) in [6, 6.07) is 30.4. The van der Waals surface area contributed by atoms with Gasteiger partial charge in [0.15, 0.2) is 0 Å². The van der Waals surface area contributed by atoms with Crippen LogP contribution in [0.2, 0.25) is 0 Å². The Kier molecular flexibility index (Phi) is 6.38. The second kappa shape index (κ2) is 9.72. The van der Waals surface area contributed by atoms with Crippen molar-refractivity contribution in [2.24, 2.45) is 5.92 Å². The lowest BCUT2D eigenvalue weighted by molar-refractivity contribution is 0.305. The summed E-state index contributed by atoms with van der Waals surface area (Å²) in [5.41, 5.74) is 3.11. The minimum absolute atomic E-state index is 0.283. The van der Waals surface area contributed by atoms with Crippen molar-refractivity contribution in [2.45, 2.75) is 19.4 Å². The van der Waals surface area contributed by atoms with Crippen molar-refractivity contribution in [1.82, 2.24) is 9.78 Å². The van der Waals surface area contributed by atoms with Crippen LogP contribution in [0.5, 0.6) is 5.75 Å². The topological polar surface area (TPSA) is 94.6 Å². The Balaban J connectivity index is 1.75. The van der Waals surface area contributed by atoms with Gasteiger partial charge in [-0.05, 0) is 42.3 Å². The molecule has 1 aromatic heterocycles. The van der Waals surface area contributed by atoms with Crippen molar-refractivity contribution in [3.05, 3.63) is 118 Å². The molecule has 1 atom stereocenters. The first-order valence-corrected chi connectivity index (χ1v) is 10.5. The molecule has 6 nitrogen and oxygen atoms in total. The first kappa shape index (κ1) is 21.7. The summed E-state index contributed by atoms with van der Waals surface area (Å²) < 4.78 is 7.39. The molecule has 0 aliphatic heterocycles. The molecule has 0 saturated heterocycles. The molecule has 1 unspecified atom stereocenters. The van der Waals surface area contributed by atoms with Gasteiger partial charge in [-0.2, -0.15) is 10.5 Å². The molecule has 0 bridgehead atoms. The molecule has 0 aliphatic rings. The zero-order valence-corrected chi connectivity index (χ0v) is 18.1. The lowest BCUT2D eigenvalue weighted by Crippen LogP contribution is -2.23. The van der Waals surface area contributed by atoms with Crippen molar-refractivity contribution in [3.63, 3.8) is 0 Å². The number of ether oxygens (including phenoxy) is 1. The molecule has 3 aromatic carbocycles. The Morgan fingerprint density at radius 1 is 0.939 bits per heavy atom. The van der Waals surface area contributed by atoms with E-state index in [1.165, 1.54) is 4.68 Å². The molecule has 0 radical (unpaired) electrons.